The van der Waals surface area contributed by atoms with E-state index >= 15 is 0 Å². The van der Waals surface area contributed by atoms with Gasteiger partial charge < -0.3 is 5.32 Å². The molecular formula is C15H15ClFNO3S. The Morgan fingerprint density at radius 2 is 1.95 bits per heavy atom. The number of hydrogen-bond donors (Lipinski definition) is 1. The van der Waals surface area contributed by atoms with Crippen molar-refractivity contribution in [3.05, 3.63) is 59.4 Å². The summed E-state index contributed by atoms with van der Waals surface area (Å²) in [6, 6.07) is 5.80. The van der Waals surface area contributed by atoms with E-state index in [1.807, 2.05) is 0 Å². The van der Waals surface area contributed by atoms with Gasteiger partial charge in [0.05, 0.1) is 0 Å². The van der Waals surface area contributed by atoms with Crippen molar-refractivity contribution in [1.82, 2.24) is 5.32 Å². The Balaban J connectivity index is 1.99. The van der Waals surface area contributed by atoms with Crippen LogP contribution in [0.4, 0.5) is 4.39 Å². The van der Waals surface area contributed by atoms with Gasteiger partial charge in [-0.1, -0.05) is 37.3 Å². The van der Waals surface area contributed by atoms with Crippen LogP contribution < -0.4 is 5.32 Å². The van der Waals surface area contributed by atoms with Gasteiger partial charge in [0, 0.05) is 22.8 Å². The summed E-state index contributed by atoms with van der Waals surface area (Å²) in [4.78, 5) is 12.1. The second kappa shape index (κ2) is 6.62. The molecule has 7 heteroatoms. The number of amides is 1. The minimum absolute atomic E-state index is 0.260. The van der Waals surface area contributed by atoms with Crippen molar-refractivity contribution in [2.45, 2.75) is 18.7 Å². The Labute approximate surface area is 133 Å². The molecule has 1 amide bonds. The molecule has 2 rings (SSSR count). The second-order valence-electron chi connectivity index (χ2n) is 5.09. The SMILES string of the molecule is CC1C=C(C(=O)NCc2ccc(F)cc2)C=CC1S(=O)(=O)Cl. The van der Waals surface area contributed by atoms with Gasteiger partial charge in [-0.15, -0.1) is 0 Å². The molecule has 2 atom stereocenters. The molecule has 22 heavy (non-hydrogen) atoms. The maximum absolute atomic E-state index is 12.8. The molecule has 0 saturated carbocycles. The van der Waals surface area contributed by atoms with Crippen LogP contribution in [0.1, 0.15) is 12.5 Å². The highest BCUT2D eigenvalue weighted by molar-refractivity contribution is 8.14. The summed E-state index contributed by atoms with van der Waals surface area (Å²) < 4.78 is 35.5. The van der Waals surface area contributed by atoms with Gasteiger partial charge in [-0.2, -0.15) is 0 Å². The number of hydrogen-bond acceptors (Lipinski definition) is 3. The van der Waals surface area contributed by atoms with Crippen molar-refractivity contribution in [2.75, 3.05) is 0 Å². The van der Waals surface area contributed by atoms with Crippen molar-refractivity contribution in [3.63, 3.8) is 0 Å². The molecule has 0 aromatic heterocycles. The van der Waals surface area contributed by atoms with E-state index in [9.17, 15) is 17.6 Å². The maximum Gasteiger partial charge on any atom is 0.251 e. The highest BCUT2D eigenvalue weighted by Gasteiger charge is 2.29. The van der Waals surface area contributed by atoms with Crippen LogP contribution in [0.3, 0.4) is 0 Å². The molecule has 1 aliphatic rings. The lowest BCUT2D eigenvalue weighted by atomic mass is 9.97. The number of rotatable bonds is 4. The fourth-order valence-corrected chi connectivity index (χ4v) is 3.72. The summed E-state index contributed by atoms with van der Waals surface area (Å²) in [6.45, 7) is 1.94. The Bertz CT molecular complexity index is 726. The minimum Gasteiger partial charge on any atom is -0.348 e. The average molecular weight is 344 g/mol. The normalized spacial score (nSPS) is 21.3. The standard InChI is InChI=1S/C15H15ClFNO3S/c1-10-8-12(4-7-14(10)22(16,20)21)15(19)18-9-11-2-5-13(17)6-3-11/h2-8,10,14H,9H2,1H3,(H,18,19). The van der Waals surface area contributed by atoms with Gasteiger partial charge in [-0.05, 0) is 23.6 Å². The third-order valence-corrected chi connectivity index (χ3v) is 5.23. The van der Waals surface area contributed by atoms with E-state index < -0.39 is 14.3 Å². The number of halogens is 2. The Hall–Kier alpha value is -1.66. The first kappa shape index (κ1) is 16.7. The average Bonchev–Trinajstić information content (AvgIpc) is 2.45. The Morgan fingerprint density at radius 3 is 2.50 bits per heavy atom. The van der Waals surface area contributed by atoms with Crippen molar-refractivity contribution in [2.24, 2.45) is 5.92 Å². The third-order valence-electron chi connectivity index (χ3n) is 3.38. The molecular weight excluding hydrogens is 329 g/mol. The quantitative estimate of drug-likeness (QED) is 0.854. The molecule has 0 heterocycles. The van der Waals surface area contributed by atoms with Crippen LogP contribution in [-0.2, 0) is 20.4 Å². The summed E-state index contributed by atoms with van der Waals surface area (Å²) in [6.07, 6.45) is 4.44. The summed E-state index contributed by atoms with van der Waals surface area (Å²) in [5, 5.41) is 1.87. The highest BCUT2D eigenvalue weighted by atomic mass is 35.7. The summed E-state index contributed by atoms with van der Waals surface area (Å²) >= 11 is 0. The molecule has 4 nitrogen and oxygen atoms in total. The van der Waals surface area contributed by atoms with E-state index in [4.69, 9.17) is 10.7 Å². The topological polar surface area (TPSA) is 63.2 Å². The van der Waals surface area contributed by atoms with Crippen LogP contribution >= 0.6 is 10.7 Å². The van der Waals surface area contributed by atoms with E-state index in [-0.39, 0.29) is 24.2 Å². The summed E-state index contributed by atoms with van der Waals surface area (Å²) in [5.41, 5.74) is 1.15. The second-order valence-corrected chi connectivity index (χ2v) is 7.88. The van der Waals surface area contributed by atoms with E-state index in [0.717, 1.165) is 5.56 Å². The van der Waals surface area contributed by atoms with Gasteiger partial charge in [0.25, 0.3) is 5.91 Å². The predicted octanol–water partition coefficient (Wildman–Crippen LogP) is 2.51. The zero-order chi connectivity index (χ0) is 16.3. The van der Waals surface area contributed by atoms with E-state index in [0.29, 0.717) is 5.57 Å². The third kappa shape index (κ3) is 4.18. The fourth-order valence-electron chi connectivity index (χ4n) is 2.20. The van der Waals surface area contributed by atoms with E-state index in [1.165, 1.54) is 24.3 Å². The molecule has 118 valence electrons. The number of allylic oxidation sites excluding steroid dienone is 1. The van der Waals surface area contributed by atoms with Gasteiger partial charge in [-0.25, -0.2) is 12.8 Å². The van der Waals surface area contributed by atoms with Crippen LogP contribution in [0.5, 0.6) is 0 Å². The molecule has 0 aliphatic heterocycles. The number of nitrogens with one attached hydrogen (secondary N) is 1. The van der Waals surface area contributed by atoms with Crippen molar-refractivity contribution < 1.29 is 17.6 Å². The first-order valence-electron chi connectivity index (χ1n) is 6.63. The zero-order valence-electron chi connectivity index (χ0n) is 11.8. The molecule has 0 radical (unpaired) electrons. The first-order valence-corrected chi connectivity index (χ1v) is 9.01. The molecule has 1 N–H and O–H groups in total. The Morgan fingerprint density at radius 1 is 1.32 bits per heavy atom. The largest absolute Gasteiger partial charge is 0.348 e. The number of carbonyl (C=O) groups excluding carboxylic acids is 1. The van der Waals surface area contributed by atoms with E-state index in [1.54, 1.807) is 25.1 Å². The fraction of sp³-hybridized carbons (Fsp3) is 0.267. The zero-order valence-corrected chi connectivity index (χ0v) is 13.4. The maximum atomic E-state index is 12.8. The summed E-state index contributed by atoms with van der Waals surface area (Å²) in [5.74, 6) is -1.05. The van der Waals surface area contributed by atoms with Gasteiger partial charge >= 0.3 is 0 Å². The molecule has 1 aromatic rings. The number of carbonyl (C=O) groups is 1. The monoisotopic (exact) mass is 343 g/mol. The van der Waals surface area contributed by atoms with E-state index in [2.05, 4.69) is 5.32 Å². The lowest BCUT2D eigenvalue weighted by Crippen LogP contribution is -2.29. The van der Waals surface area contributed by atoms with Crippen LogP contribution in [0.15, 0.2) is 48.1 Å². The minimum atomic E-state index is -3.71. The first-order chi connectivity index (χ1) is 10.3. The van der Waals surface area contributed by atoms with Crippen LogP contribution in [0.25, 0.3) is 0 Å². The molecule has 0 spiro atoms. The Kier molecular flexibility index (Phi) is 5.03. The highest BCUT2D eigenvalue weighted by Crippen LogP contribution is 2.25. The molecule has 1 aliphatic carbocycles. The molecule has 0 fully saturated rings. The molecule has 1 aromatic carbocycles. The lowest BCUT2D eigenvalue weighted by molar-refractivity contribution is -0.117. The summed E-state index contributed by atoms with van der Waals surface area (Å²) in [7, 11) is 1.64. The van der Waals surface area contributed by atoms with Crippen molar-refractivity contribution >= 4 is 25.6 Å². The van der Waals surface area contributed by atoms with Crippen molar-refractivity contribution in [1.29, 1.82) is 0 Å². The van der Waals surface area contributed by atoms with Gasteiger partial charge in [-0.3, -0.25) is 4.79 Å². The molecule has 0 bridgehead atoms. The lowest BCUT2D eigenvalue weighted by Gasteiger charge is -2.20. The predicted molar refractivity (Wildman–Crippen MR) is 83.2 cm³/mol. The smallest absolute Gasteiger partial charge is 0.251 e. The van der Waals surface area contributed by atoms with Gasteiger partial charge in [0.2, 0.25) is 9.05 Å². The molecule has 2 unspecified atom stereocenters. The van der Waals surface area contributed by atoms with Gasteiger partial charge in [0.1, 0.15) is 11.1 Å². The van der Waals surface area contributed by atoms with Crippen LogP contribution in [-0.4, -0.2) is 19.6 Å². The number of benzene rings is 1. The van der Waals surface area contributed by atoms with Crippen LogP contribution in [0, 0.1) is 11.7 Å². The van der Waals surface area contributed by atoms with Gasteiger partial charge in [0.15, 0.2) is 0 Å². The molecule has 0 saturated heterocycles. The van der Waals surface area contributed by atoms with Crippen molar-refractivity contribution in [3.8, 4) is 0 Å². The van der Waals surface area contributed by atoms with Crippen LogP contribution in [0.2, 0.25) is 0 Å².